The fourth-order valence-corrected chi connectivity index (χ4v) is 3.29. The molecule has 3 heterocycles. The van der Waals surface area contributed by atoms with Crippen LogP contribution in [0.1, 0.15) is 16.7 Å². The number of fused-ring (bicyclic) bond motifs is 1. The third-order valence-corrected chi connectivity index (χ3v) is 4.79. The molecule has 0 saturated carbocycles. The smallest absolute Gasteiger partial charge is 0.141 e. The van der Waals surface area contributed by atoms with Crippen molar-refractivity contribution in [2.24, 2.45) is 0 Å². The summed E-state index contributed by atoms with van der Waals surface area (Å²) >= 11 is 0. The summed E-state index contributed by atoms with van der Waals surface area (Å²) in [6.07, 6.45) is 12.7. The molecule has 146 valence electrons. The topological polar surface area (TPSA) is 84.3 Å². The SMILES string of the molecule is C(=C\c1cncnc1Nc1ccc2c(c1)ncn2Cc1ccccc1)/c1cn[nH]c1. The molecule has 5 aromatic rings. The second-order valence-electron chi connectivity index (χ2n) is 6.88. The third kappa shape index (κ3) is 3.81. The Labute approximate surface area is 173 Å². The van der Waals surface area contributed by atoms with Crippen LogP contribution < -0.4 is 5.32 Å². The Hall–Kier alpha value is -4.26. The maximum atomic E-state index is 4.58. The second-order valence-corrected chi connectivity index (χ2v) is 6.88. The highest BCUT2D eigenvalue weighted by atomic mass is 15.1. The maximum absolute atomic E-state index is 4.58. The number of aromatic amines is 1. The van der Waals surface area contributed by atoms with Gasteiger partial charge in [-0.05, 0) is 29.8 Å². The monoisotopic (exact) mass is 393 g/mol. The summed E-state index contributed by atoms with van der Waals surface area (Å²) in [6.45, 7) is 0.791. The molecule has 0 spiro atoms. The third-order valence-electron chi connectivity index (χ3n) is 4.79. The second kappa shape index (κ2) is 8.00. The Balaban J connectivity index is 1.39. The summed E-state index contributed by atoms with van der Waals surface area (Å²) in [5.74, 6) is 0.729. The van der Waals surface area contributed by atoms with Gasteiger partial charge in [0.1, 0.15) is 12.1 Å². The average molecular weight is 393 g/mol. The van der Waals surface area contributed by atoms with Crippen LogP contribution in [0.3, 0.4) is 0 Å². The molecule has 0 aliphatic heterocycles. The van der Waals surface area contributed by atoms with Gasteiger partial charge in [0, 0.05) is 35.8 Å². The molecule has 0 aliphatic carbocycles. The predicted molar refractivity (Wildman–Crippen MR) is 118 cm³/mol. The summed E-state index contributed by atoms with van der Waals surface area (Å²) in [5.41, 5.74) is 6.05. The van der Waals surface area contributed by atoms with Crippen LogP contribution in [0.4, 0.5) is 11.5 Å². The van der Waals surface area contributed by atoms with Crippen molar-refractivity contribution in [1.82, 2.24) is 29.7 Å². The van der Waals surface area contributed by atoms with Gasteiger partial charge in [-0.15, -0.1) is 0 Å². The van der Waals surface area contributed by atoms with E-state index in [1.807, 2.05) is 42.9 Å². The molecule has 0 radical (unpaired) electrons. The number of rotatable bonds is 6. The van der Waals surface area contributed by atoms with Crippen molar-refractivity contribution in [3.63, 3.8) is 0 Å². The lowest BCUT2D eigenvalue weighted by Crippen LogP contribution is -1.99. The number of imidazole rings is 1. The molecular weight excluding hydrogens is 374 g/mol. The molecule has 0 saturated heterocycles. The van der Waals surface area contributed by atoms with Crippen molar-refractivity contribution in [2.75, 3.05) is 5.32 Å². The first-order valence-corrected chi connectivity index (χ1v) is 9.58. The lowest BCUT2D eigenvalue weighted by molar-refractivity contribution is 0.824. The van der Waals surface area contributed by atoms with E-state index in [4.69, 9.17) is 0 Å². The number of hydrogen-bond acceptors (Lipinski definition) is 5. The zero-order valence-corrected chi connectivity index (χ0v) is 16.1. The van der Waals surface area contributed by atoms with E-state index < -0.39 is 0 Å². The number of nitrogens with one attached hydrogen (secondary N) is 2. The molecule has 3 aromatic heterocycles. The summed E-state index contributed by atoms with van der Waals surface area (Å²) < 4.78 is 2.15. The van der Waals surface area contributed by atoms with E-state index in [0.717, 1.165) is 40.2 Å². The van der Waals surface area contributed by atoms with Crippen LogP contribution in [0.25, 0.3) is 23.2 Å². The van der Waals surface area contributed by atoms with Crippen molar-refractivity contribution in [2.45, 2.75) is 6.54 Å². The average Bonchev–Trinajstić information content (AvgIpc) is 3.44. The Kier molecular flexibility index (Phi) is 4.75. The van der Waals surface area contributed by atoms with Crippen LogP contribution >= 0.6 is 0 Å². The Morgan fingerprint density at radius 3 is 2.80 bits per heavy atom. The molecular formula is C23H19N7. The van der Waals surface area contributed by atoms with Crippen LogP contribution in [-0.2, 0) is 6.54 Å². The molecule has 0 atom stereocenters. The Bertz CT molecular complexity index is 1290. The molecule has 0 bridgehead atoms. The van der Waals surface area contributed by atoms with Crippen LogP contribution in [0.2, 0.25) is 0 Å². The predicted octanol–water partition coefficient (Wildman–Crippen LogP) is 4.51. The molecule has 30 heavy (non-hydrogen) atoms. The van der Waals surface area contributed by atoms with Gasteiger partial charge in [0.15, 0.2) is 0 Å². The van der Waals surface area contributed by atoms with E-state index in [1.165, 1.54) is 11.9 Å². The molecule has 7 heteroatoms. The molecule has 0 unspecified atom stereocenters. The lowest BCUT2D eigenvalue weighted by Gasteiger charge is -2.09. The van der Waals surface area contributed by atoms with E-state index in [1.54, 1.807) is 12.4 Å². The maximum Gasteiger partial charge on any atom is 0.141 e. The van der Waals surface area contributed by atoms with Gasteiger partial charge in [-0.1, -0.05) is 36.4 Å². The van der Waals surface area contributed by atoms with E-state index in [0.29, 0.717) is 0 Å². The van der Waals surface area contributed by atoms with Crippen LogP contribution in [0, 0.1) is 0 Å². The van der Waals surface area contributed by atoms with Gasteiger partial charge in [-0.25, -0.2) is 15.0 Å². The molecule has 0 aliphatic rings. The molecule has 0 amide bonds. The number of nitrogens with zero attached hydrogens (tertiary/aromatic N) is 5. The van der Waals surface area contributed by atoms with Crippen molar-refractivity contribution in [1.29, 1.82) is 0 Å². The minimum atomic E-state index is 0.729. The molecule has 5 rings (SSSR count). The van der Waals surface area contributed by atoms with E-state index in [-0.39, 0.29) is 0 Å². The van der Waals surface area contributed by atoms with Gasteiger partial charge in [0.25, 0.3) is 0 Å². The molecule has 0 fully saturated rings. The first kappa shape index (κ1) is 17.8. The Morgan fingerprint density at radius 1 is 1.00 bits per heavy atom. The van der Waals surface area contributed by atoms with E-state index in [9.17, 15) is 0 Å². The van der Waals surface area contributed by atoms with Gasteiger partial charge < -0.3 is 9.88 Å². The largest absolute Gasteiger partial charge is 0.340 e. The highest BCUT2D eigenvalue weighted by Crippen LogP contribution is 2.24. The van der Waals surface area contributed by atoms with Crippen LogP contribution in [-0.4, -0.2) is 29.7 Å². The van der Waals surface area contributed by atoms with Gasteiger partial charge in [0.2, 0.25) is 0 Å². The lowest BCUT2D eigenvalue weighted by atomic mass is 10.2. The zero-order chi connectivity index (χ0) is 20.2. The number of benzene rings is 2. The Morgan fingerprint density at radius 2 is 1.93 bits per heavy atom. The number of H-pyrrole nitrogens is 1. The van der Waals surface area contributed by atoms with Crippen LogP contribution in [0.15, 0.2) is 79.8 Å². The van der Waals surface area contributed by atoms with Crippen molar-refractivity contribution in [3.8, 4) is 0 Å². The quantitative estimate of drug-likeness (QED) is 0.443. The first-order chi connectivity index (χ1) is 14.8. The highest BCUT2D eigenvalue weighted by Gasteiger charge is 2.07. The van der Waals surface area contributed by atoms with Crippen molar-refractivity contribution >= 4 is 34.7 Å². The summed E-state index contributed by atoms with van der Waals surface area (Å²) in [6, 6.07) is 16.5. The fourth-order valence-electron chi connectivity index (χ4n) is 3.29. The molecule has 7 nitrogen and oxygen atoms in total. The number of anilines is 2. The van der Waals surface area contributed by atoms with Crippen molar-refractivity contribution in [3.05, 3.63) is 96.5 Å². The highest BCUT2D eigenvalue weighted by molar-refractivity contribution is 5.82. The van der Waals surface area contributed by atoms with Gasteiger partial charge in [-0.3, -0.25) is 5.10 Å². The number of hydrogen-bond donors (Lipinski definition) is 2. The summed E-state index contributed by atoms with van der Waals surface area (Å²) in [4.78, 5) is 13.1. The molecule has 2 aromatic carbocycles. The number of aromatic nitrogens is 6. The first-order valence-electron chi connectivity index (χ1n) is 9.58. The zero-order valence-electron chi connectivity index (χ0n) is 16.1. The van der Waals surface area contributed by atoms with E-state index >= 15 is 0 Å². The normalized spacial score (nSPS) is 11.3. The van der Waals surface area contributed by atoms with E-state index in [2.05, 4.69) is 65.4 Å². The van der Waals surface area contributed by atoms with Crippen molar-refractivity contribution < 1.29 is 0 Å². The van der Waals surface area contributed by atoms with Gasteiger partial charge in [-0.2, -0.15) is 5.10 Å². The summed E-state index contributed by atoms with van der Waals surface area (Å²) in [5, 5.41) is 10.1. The van der Waals surface area contributed by atoms with Gasteiger partial charge in [0.05, 0.1) is 23.6 Å². The fraction of sp³-hybridized carbons (Fsp3) is 0.0435. The van der Waals surface area contributed by atoms with Gasteiger partial charge >= 0.3 is 0 Å². The summed E-state index contributed by atoms with van der Waals surface area (Å²) in [7, 11) is 0. The molecule has 2 N–H and O–H groups in total. The van der Waals surface area contributed by atoms with Crippen LogP contribution in [0.5, 0.6) is 0 Å². The standard InChI is InChI=1S/C23H19N7/c1-2-4-17(5-3-1)14-30-16-26-21-10-20(8-9-22(21)30)29-23-19(13-24-15-25-23)7-6-18-11-27-28-12-18/h1-13,15-16H,14H2,(H,27,28)(H,24,25,29)/b7-6+. The minimum Gasteiger partial charge on any atom is -0.340 e. The minimum absolute atomic E-state index is 0.729.